The standard InChI is InChI=1S/C44H102O12S16Si4/c1-13-45-73(46-14-2,47-15-3)38-34-69(61,65-57)42-32-30-28-26-25-27-29-31-33-44(71(63,67-59)36-40-75(51-19-7,52-20-8)53-21-9,72(64,68-60)37-41-76(54-22-10,55-23-11)56-24-12)43(42)70(62,66-58)35-39-74(48-16-4,49-17-5)50-18-6/h57-64H,13-41H2,1-12H3/b43-42-. The Morgan fingerprint density at radius 3 is 0.868 bits per heavy atom. The Labute approximate surface area is 528 Å². The summed E-state index contributed by atoms with van der Waals surface area (Å²) in [7, 11) is -16.7. The summed E-state index contributed by atoms with van der Waals surface area (Å²) in [5, 5.41) is 0. The van der Waals surface area contributed by atoms with Gasteiger partial charge in [-0.25, -0.2) is 0 Å². The first kappa shape index (κ1) is 79.7. The predicted molar refractivity (Wildman–Crippen MR) is 385 cm³/mol. The second kappa shape index (κ2) is 41.9. The lowest BCUT2D eigenvalue weighted by atomic mass is 10.0. The van der Waals surface area contributed by atoms with Gasteiger partial charge in [0.25, 0.3) is 0 Å². The van der Waals surface area contributed by atoms with Gasteiger partial charge in [-0.2, -0.15) is 0 Å². The van der Waals surface area contributed by atoms with Gasteiger partial charge in [0.05, 0.1) is 4.08 Å². The molecule has 1 rings (SSSR count). The summed E-state index contributed by atoms with van der Waals surface area (Å²) in [6.45, 7) is 29.4. The highest BCUT2D eigenvalue weighted by Crippen LogP contribution is 2.98. The van der Waals surface area contributed by atoms with Crippen LogP contribution < -0.4 is 0 Å². The quantitative estimate of drug-likeness (QED) is 0.0168. The third-order valence-electron chi connectivity index (χ3n) is 12.3. The van der Waals surface area contributed by atoms with E-state index in [4.69, 9.17) is 146 Å². The van der Waals surface area contributed by atoms with E-state index < -0.39 is 71.7 Å². The molecule has 1 aliphatic rings. The van der Waals surface area contributed by atoms with Crippen LogP contribution in [0.1, 0.15) is 141 Å². The van der Waals surface area contributed by atoms with E-state index in [0.717, 1.165) is 51.4 Å². The molecule has 1 aliphatic carbocycles. The fraction of sp³-hybridized carbons (Fsp3) is 0.955. The van der Waals surface area contributed by atoms with Gasteiger partial charge in [0.15, 0.2) is 0 Å². The van der Waals surface area contributed by atoms with E-state index in [1.165, 1.54) is 29.5 Å². The van der Waals surface area contributed by atoms with Crippen molar-refractivity contribution < 1.29 is 53.1 Å². The molecule has 0 aromatic rings. The van der Waals surface area contributed by atoms with Crippen molar-refractivity contribution >= 4 is 200 Å². The van der Waals surface area contributed by atoms with Crippen LogP contribution in [0.2, 0.25) is 24.2 Å². The molecule has 462 valence electrons. The van der Waals surface area contributed by atoms with Gasteiger partial charge in [0, 0.05) is 131 Å². The Hall–Kier alpha value is 5.73. The van der Waals surface area contributed by atoms with E-state index in [1.807, 2.05) is 83.1 Å². The van der Waals surface area contributed by atoms with Gasteiger partial charge in [-0.15, -0.1) is 126 Å². The van der Waals surface area contributed by atoms with E-state index in [-0.39, 0.29) is 0 Å². The Morgan fingerprint density at radius 1 is 0.355 bits per heavy atom. The molecule has 32 heteroatoms. The lowest BCUT2D eigenvalue weighted by molar-refractivity contribution is 0.0720. The summed E-state index contributed by atoms with van der Waals surface area (Å²) in [6, 6.07) is 2.03. The van der Waals surface area contributed by atoms with Crippen LogP contribution in [0, 0.1) is 0 Å². The molecular weight excluding hydrogens is 1350 g/mol. The van der Waals surface area contributed by atoms with Crippen molar-refractivity contribution in [3.8, 4) is 0 Å². The summed E-state index contributed by atoms with van der Waals surface area (Å²) in [5.74, 6) is 2.24. The topological polar surface area (TPSA) is 111 Å². The average molecular weight is 1450 g/mol. The highest BCUT2D eigenvalue weighted by Gasteiger charge is 2.64. The predicted octanol–water partition coefficient (Wildman–Crippen LogP) is 18.2. The molecule has 0 bridgehead atoms. The lowest BCUT2D eigenvalue weighted by Crippen LogP contribution is -2.50. The molecule has 12 nitrogen and oxygen atoms in total. The molecule has 4 atom stereocenters. The average Bonchev–Trinajstić information content (AvgIpc) is 3.39. The fourth-order valence-electron chi connectivity index (χ4n) is 9.47. The second-order valence-electron chi connectivity index (χ2n) is 17.1. The maximum Gasteiger partial charge on any atom is 0.501 e. The molecule has 0 aliphatic heterocycles. The van der Waals surface area contributed by atoms with Gasteiger partial charge in [0.2, 0.25) is 0 Å². The Balaban J connectivity index is 5.34. The minimum atomic E-state index is -3.31. The molecule has 4 unspecified atom stereocenters. The summed E-state index contributed by atoms with van der Waals surface area (Å²) in [4.78, 5) is 2.41. The van der Waals surface area contributed by atoms with E-state index in [0.29, 0.717) is 133 Å². The first-order chi connectivity index (χ1) is 36.3. The fourth-order valence-corrected chi connectivity index (χ4v) is 65.6. The Morgan fingerprint density at radius 2 is 0.605 bits per heavy atom. The normalized spacial score (nSPS) is 23.0. The van der Waals surface area contributed by atoms with Crippen LogP contribution in [0.15, 0.2) is 9.81 Å². The molecule has 0 radical (unpaired) electrons. The molecule has 0 heterocycles. The van der Waals surface area contributed by atoms with Gasteiger partial charge in [-0.1, -0.05) is 38.5 Å². The molecule has 76 heavy (non-hydrogen) atoms. The Bertz CT molecular complexity index is 1480. The van der Waals surface area contributed by atoms with Crippen molar-refractivity contribution in [2.45, 2.75) is 169 Å². The van der Waals surface area contributed by atoms with Crippen molar-refractivity contribution in [3.63, 3.8) is 0 Å². The van der Waals surface area contributed by atoms with Crippen molar-refractivity contribution in [2.24, 2.45) is 0 Å². The number of rotatable bonds is 44. The summed E-state index contributed by atoms with van der Waals surface area (Å²) >= 11 is 46.7. The smallest absolute Gasteiger partial charge is 0.374 e. The van der Waals surface area contributed by atoms with Crippen LogP contribution in [0.5, 0.6) is 0 Å². The number of hydrogen-bond acceptors (Lipinski definition) is 24. The molecule has 0 fully saturated rings. The third kappa shape index (κ3) is 23.0. The van der Waals surface area contributed by atoms with Gasteiger partial charge in [-0.05, 0) is 147 Å². The van der Waals surface area contributed by atoms with Crippen molar-refractivity contribution in [1.29, 1.82) is 0 Å². The minimum Gasteiger partial charge on any atom is -0.374 e. The molecule has 0 saturated carbocycles. The van der Waals surface area contributed by atoms with Crippen molar-refractivity contribution in [3.05, 3.63) is 9.81 Å². The van der Waals surface area contributed by atoms with E-state index >= 15 is 0 Å². The molecule has 0 N–H and O–H groups in total. The maximum atomic E-state index is 6.68. The van der Waals surface area contributed by atoms with Crippen LogP contribution in [0.3, 0.4) is 0 Å². The van der Waals surface area contributed by atoms with Crippen molar-refractivity contribution in [1.82, 2.24) is 0 Å². The summed E-state index contributed by atoms with van der Waals surface area (Å²) < 4.78 is 78.9. The van der Waals surface area contributed by atoms with Gasteiger partial charge < -0.3 is 53.1 Å². The van der Waals surface area contributed by atoms with Gasteiger partial charge in [0.1, 0.15) is 0 Å². The second-order valence-corrected chi connectivity index (χ2v) is 62.3. The zero-order chi connectivity index (χ0) is 57.5. The minimum absolute atomic E-state index is 0.439. The van der Waals surface area contributed by atoms with E-state index in [9.17, 15) is 0 Å². The van der Waals surface area contributed by atoms with Gasteiger partial charge >= 0.3 is 35.2 Å². The first-order valence-electron chi connectivity index (χ1n) is 27.1. The number of thiol groups is 8. The number of allylic oxidation sites excluding steroid dienone is 1. The summed E-state index contributed by atoms with van der Waals surface area (Å²) in [5.41, 5.74) is 0. The highest BCUT2D eigenvalue weighted by molar-refractivity contribution is 9.42. The van der Waals surface area contributed by atoms with E-state index in [1.54, 1.807) is 19.7 Å². The maximum absolute atomic E-state index is 6.68. The first-order valence-corrected chi connectivity index (χ1v) is 55.8. The van der Waals surface area contributed by atoms with Crippen LogP contribution in [0.25, 0.3) is 0 Å². The van der Waals surface area contributed by atoms with Crippen LogP contribution in [-0.4, -0.2) is 142 Å². The zero-order valence-electron chi connectivity index (χ0n) is 47.7. The molecule has 0 aromatic heterocycles. The molecule has 0 saturated heterocycles. The Kier molecular flexibility index (Phi) is 43.9. The SMILES string of the molecule is CCO[Si](CCS(S)(SS)/C1=C(\S(S)(CC[Si](OCC)(OCC)OCC)SS)C(S(S)(CC[Si](OCC)(OCC)OCC)SS)(S(S)(CC[Si](OCC)(OCC)OCC)SS)CCCCCCCCC1)(OCC)OCC. The third-order valence-corrected chi connectivity index (χ3v) is 67.9. The molecule has 0 spiro atoms. The van der Waals surface area contributed by atoms with Gasteiger partial charge in [-0.3, -0.25) is 0 Å². The van der Waals surface area contributed by atoms with Crippen molar-refractivity contribution in [2.75, 3.05) is 102 Å². The van der Waals surface area contributed by atoms with Crippen LogP contribution in [0.4, 0.5) is 0 Å². The summed E-state index contributed by atoms with van der Waals surface area (Å²) in [6.07, 6.45) is 8.70. The van der Waals surface area contributed by atoms with Crippen LogP contribution in [-0.2, 0) is 53.1 Å². The molecule has 0 amide bonds. The zero-order valence-corrected chi connectivity index (χ0v) is 65.4. The largest absolute Gasteiger partial charge is 0.501 e. The molecule has 0 aromatic carbocycles. The molecular formula is C44H102O12S16Si4. The number of hydrogen-bond donors (Lipinski definition) is 8. The lowest BCUT2D eigenvalue weighted by Gasteiger charge is -2.65. The monoisotopic (exact) mass is 1450 g/mol. The highest BCUT2D eigenvalue weighted by atomic mass is 33.7. The van der Waals surface area contributed by atoms with Crippen LogP contribution >= 0.6 is 165 Å². The van der Waals surface area contributed by atoms with E-state index in [2.05, 4.69) is 0 Å².